The Morgan fingerprint density at radius 3 is 2.15 bits per heavy atom. The first-order chi connectivity index (χ1) is 22.3. The Labute approximate surface area is 290 Å². The topological polar surface area (TPSA) is 12.1 Å². The van der Waals surface area contributed by atoms with Crippen LogP contribution in [0.5, 0.6) is 0 Å². The fourth-order valence-electron chi connectivity index (χ4n) is 8.77. The predicted octanol–water partition coefficient (Wildman–Crippen LogP) is 12.6. The minimum Gasteiger partial charge on any atom is -0.352 e. The maximum absolute atomic E-state index is 4.64. The molecule has 3 unspecified atom stereocenters. The number of rotatable bonds is 4. The SMILES string of the molecule is C=CN(/C=C\C)[C@H]1CC[C@@]2(C)C(=CCC3C2CC[C@]2(C)C(n4c[n+](C)c5ccccc54)=CCC32)C1.CC.CC.CC.CCC.CCl. The molecule has 0 amide bonds. The molecule has 0 saturated heterocycles. The van der Waals surface area contributed by atoms with Gasteiger partial charge < -0.3 is 4.90 Å². The van der Waals surface area contributed by atoms with Crippen LogP contribution in [0.4, 0.5) is 0 Å². The summed E-state index contributed by atoms with van der Waals surface area (Å²) in [5, 5.41) is 0. The maximum Gasteiger partial charge on any atom is 0.249 e. The number of alkyl halides is 1. The molecule has 4 aliphatic rings. The minimum absolute atomic E-state index is 0.264. The number of allylic oxidation sites excluding steroid dienone is 4. The molecule has 0 spiro atoms. The quantitative estimate of drug-likeness (QED) is 0.182. The van der Waals surface area contributed by atoms with E-state index in [4.69, 9.17) is 0 Å². The lowest BCUT2D eigenvalue weighted by molar-refractivity contribution is -0.645. The number of hydrogen-bond acceptors (Lipinski definition) is 1. The highest BCUT2D eigenvalue weighted by Gasteiger charge is 2.58. The minimum atomic E-state index is 0.264. The van der Waals surface area contributed by atoms with Crippen molar-refractivity contribution in [2.24, 2.45) is 35.6 Å². The van der Waals surface area contributed by atoms with E-state index in [1.54, 1.807) is 11.3 Å². The highest BCUT2D eigenvalue weighted by molar-refractivity contribution is 6.15. The van der Waals surface area contributed by atoms with Crippen LogP contribution in [0.2, 0.25) is 0 Å². The van der Waals surface area contributed by atoms with E-state index in [1.807, 2.05) is 47.7 Å². The van der Waals surface area contributed by atoms with Gasteiger partial charge in [0, 0.05) is 17.8 Å². The zero-order valence-corrected chi connectivity index (χ0v) is 32.9. The van der Waals surface area contributed by atoms with Crippen LogP contribution in [0, 0.1) is 28.6 Å². The molecule has 0 radical (unpaired) electrons. The van der Waals surface area contributed by atoms with Gasteiger partial charge in [-0.1, -0.05) is 112 Å². The Kier molecular flexibility index (Phi) is 18.3. The van der Waals surface area contributed by atoms with E-state index in [0.717, 1.165) is 17.8 Å². The molecule has 2 fully saturated rings. The predicted molar refractivity (Wildman–Crippen MR) is 207 cm³/mol. The van der Waals surface area contributed by atoms with Crippen molar-refractivity contribution >= 4 is 28.3 Å². The molecule has 2 saturated carbocycles. The standard InChI is InChI=1S/C32H42N3.C3H8.3C2H6.CH3Cl/c1-6-20-34(7-2)24-16-18-31(3)23(21-24)12-13-25-26-14-15-30(32(26,4)19-17-27(25)31)35-22-33(5)28-10-8-9-11-29(28)35;1-3-2;4*1-2/h6-12,15,20,22,24-27H,2,13-14,16-19,21H2,1,3-5H3;3H2,1-2H3;3*1-2H3;1H3/q+1;;;;;/b20-6-;;;;;/t24-,25?,26?,27?,31-,32-;;;;;/m0...../s1. The van der Waals surface area contributed by atoms with Crippen molar-refractivity contribution in [2.45, 2.75) is 134 Å². The molecule has 0 N–H and O–H groups in total. The second-order valence-corrected chi connectivity index (χ2v) is 12.8. The lowest BCUT2D eigenvalue weighted by Gasteiger charge is -2.57. The number of aryl methyl sites for hydroxylation is 1. The zero-order valence-electron chi connectivity index (χ0n) is 32.2. The fourth-order valence-corrected chi connectivity index (χ4v) is 8.77. The Hall–Kier alpha value is -2.26. The van der Waals surface area contributed by atoms with Crippen molar-refractivity contribution in [2.75, 3.05) is 6.38 Å². The lowest BCUT2D eigenvalue weighted by Crippen LogP contribution is -2.51. The molecule has 4 aliphatic carbocycles. The van der Waals surface area contributed by atoms with Crippen LogP contribution in [0.1, 0.15) is 128 Å². The molecule has 0 aliphatic heterocycles. The molecule has 6 rings (SSSR count). The Morgan fingerprint density at radius 1 is 0.935 bits per heavy atom. The van der Waals surface area contributed by atoms with Crippen LogP contribution in [-0.2, 0) is 7.05 Å². The average molecular weight is 654 g/mol. The number of para-hydroxylation sites is 2. The highest BCUT2D eigenvalue weighted by Crippen LogP contribution is 2.65. The van der Waals surface area contributed by atoms with Crippen LogP contribution < -0.4 is 4.57 Å². The van der Waals surface area contributed by atoms with Crippen molar-refractivity contribution in [1.29, 1.82) is 0 Å². The number of halogens is 1. The zero-order chi connectivity index (χ0) is 35.1. The van der Waals surface area contributed by atoms with E-state index in [2.05, 4.69) is 129 Å². The molecule has 6 atom stereocenters. The monoisotopic (exact) mass is 653 g/mol. The highest BCUT2D eigenvalue weighted by atomic mass is 35.5. The summed E-state index contributed by atoms with van der Waals surface area (Å²) in [6, 6.07) is 9.43. The van der Waals surface area contributed by atoms with E-state index in [-0.39, 0.29) is 5.41 Å². The number of aromatic nitrogens is 2. The number of imidazole rings is 1. The molecule has 0 bridgehead atoms. The number of fused-ring (bicyclic) bond motifs is 6. The van der Waals surface area contributed by atoms with Gasteiger partial charge in [0.15, 0.2) is 11.0 Å². The van der Waals surface area contributed by atoms with Gasteiger partial charge in [-0.2, -0.15) is 4.57 Å². The first-order valence-electron chi connectivity index (χ1n) is 18.6. The largest absolute Gasteiger partial charge is 0.352 e. The van der Waals surface area contributed by atoms with Crippen molar-refractivity contribution < 1.29 is 4.57 Å². The first-order valence-corrected chi connectivity index (χ1v) is 19.3. The summed E-state index contributed by atoms with van der Waals surface area (Å²) < 4.78 is 4.80. The van der Waals surface area contributed by atoms with E-state index in [9.17, 15) is 0 Å². The molecule has 3 nitrogen and oxygen atoms in total. The Balaban J connectivity index is 0.000000868. The Morgan fingerprint density at radius 2 is 1.54 bits per heavy atom. The lowest BCUT2D eigenvalue weighted by atomic mass is 9.47. The van der Waals surface area contributed by atoms with Gasteiger partial charge in [0.2, 0.25) is 6.33 Å². The molecule has 260 valence electrons. The number of benzene rings is 1. The van der Waals surface area contributed by atoms with Crippen LogP contribution in [0.25, 0.3) is 16.7 Å². The summed E-state index contributed by atoms with van der Waals surface area (Å²) in [5.41, 5.74) is 6.59. The summed E-state index contributed by atoms with van der Waals surface area (Å²) in [6.45, 7) is 27.6. The maximum atomic E-state index is 4.64. The second-order valence-electron chi connectivity index (χ2n) is 12.8. The van der Waals surface area contributed by atoms with Gasteiger partial charge in [-0.3, -0.25) is 0 Å². The van der Waals surface area contributed by atoms with Gasteiger partial charge in [-0.05, 0) is 106 Å². The van der Waals surface area contributed by atoms with Gasteiger partial charge in [-0.25, -0.2) is 4.57 Å². The first kappa shape index (κ1) is 41.8. The van der Waals surface area contributed by atoms with E-state index in [1.165, 1.54) is 68.8 Å². The summed E-state index contributed by atoms with van der Waals surface area (Å²) in [5.74, 6) is 2.38. The summed E-state index contributed by atoms with van der Waals surface area (Å²) in [4.78, 5) is 2.35. The fraction of sp³-hybridized carbons (Fsp3) is 0.643. The van der Waals surface area contributed by atoms with E-state index < -0.39 is 0 Å². The third kappa shape index (κ3) is 8.23. The Bertz CT molecular complexity index is 1270. The van der Waals surface area contributed by atoms with Gasteiger partial charge in [0.05, 0.1) is 7.05 Å². The molecular weight excluding hydrogens is 582 g/mol. The third-order valence-electron chi connectivity index (χ3n) is 10.6. The summed E-state index contributed by atoms with van der Waals surface area (Å²) >= 11 is 4.64. The molecule has 1 heterocycles. The summed E-state index contributed by atoms with van der Waals surface area (Å²) in [7, 11) is 2.18. The van der Waals surface area contributed by atoms with Gasteiger partial charge in [-0.15, -0.1) is 11.6 Å². The van der Waals surface area contributed by atoms with E-state index in [0.29, 0.717) is 11.5 Å². The smallest absolute Gasteiger partial charge is 0.249 e. The molecular formula is C42H71ClN3+. The van der Waals surface area contributed by atoms with Crippen molar-refractivity contribution in [3.05, 3.63) is 73.4 Å². The van der Waals surface area contributed by atoms with Crippen LogP contribution in [-0.4, -0.2) is 21.9 Å². The average Bonchev–Trinajstić information content (AvgIpc) is 3.63. The number of nitrogens with zero attached hydrogens (tertiary/aromatic N) is 3. The molecule has 46 heavy (non-hydrogen) atoms. The van der Waals surface area contributed by atoms with Crippen molar-refractivity contribution in [3.8, 4) is 0 Å². The molecule has 4 heteroatoms. The van der Waals surface area contributed by atoms with Crippen molar-refractivity contribution in [3.63, 3.8) is 0 Å². The van der Waals surface area contributed by atoms with Crippen LogP contribution >= 0.6 is 11.6 Å². The van der Waals surface area contributed by atoms with Gasteiger partial charge >= 0.3 is 0 Å². The molecule has 1 aromatic carbocycles. The van der Waals surface area contributed by atoms with Crippen LogP contribution in [0.15, 0.2) is 73.4 Å². The van der Waals surface area contributed by atoms with Gasteiger partial charge in [0.1, 0.15) is 5.70 Å². The second kappa shape index (κ2) is 20.2. The van der Waals surface area contributed by atoms with Crippen molar-refractivity contribution in [1.82, 2.24) is 9.47 Å². The number of hydrogen-bond donors (Lipinski definition) is 0. The van der Waals surface area contributed by atoms with E-state index >= 15 is 0 Å². The molecule has 1 aromatic heterocycles. The third-order valence-corrected chi connectivity index (χ3v) is 10.6. The van der Waals surface area contributed by atoms with Gasteiger partial charge in [0.25, 0.3) is 0 Å². The van der Waals surface area contributed by atoms with Crippen LogP contribution in [0.3, 0.4) is 0 Å². The molecule has 2 aromatic rings. The normalized spacial score (nSPS) is 28.6. The summed E-state index contributed by atoms with van der Waals surface area (Å²) in [6.07, 6.45) is 25.6.